The van der Waals surface area contributed by atoms with Crippen LogP contribution in [0.4, 0.5) is 17.3 Å². The Balaban J connectivity index is 1.39. The molecule has 4 heterocycles. The predicted octanol–water partition coefficient (Wildman–Crippen LogP) is 1.35. The normalized spacial score (nSPS) is 17.2. The van der Waals surface area contributed by atoms with Gasteiger partial charge in [0, 0.05) is 62.4 Å². The van der Waals surface area contributed by atoms with E-state index in [9.17, 15) is 13.2 Å². The van der Waals surface area contributed by atoms with Gasteiger partial charge in [-0.1, -0.05) is 6.07 Å². The SMILES string of the molecule is NC(=O)c1cc(-c2ccnc(Nc3cccc(S(=O)(=O)N4CCOCC4)c3)c2)[nH]c1N1CCNCC1. The molecule has 2 fully saturated rings. The number of amides is 1. The van der Waals surface area contributed by atoms with Crippen LogP contribution in [-0.2, 0) is 14.8 Å². The third-order valence-corrected chi connectivity index (χ3v) is 8.18. The summed E-state index contributed by atoms with van der Waals surface area (Å²) >= 11 is 0. The van der Waals surface area contributed by atoms with Crippen molar-refractivity contribution in [3.63, 3.8) is 0 Å². The summed E-state index contributed by atoms with van der Waals surface area (Å²) in [7, 11) is -3.61. The molecular formula is C24H29N7O4S. The van der Waals surface area contributed by atoms with Gasteiger partial charge in [-0.05, 0) is 36.4 Å². The van der Waals surface area contributed by atoms with E-state index in [4.69, 9.17) is 10.5 Å². The van der Waals surface area contributed by atoms with E-state index in [-0.39, 0.29) is 4.90 Å². The first-order valence-electron chi connectivity index (χ1n) is 11.8. The third-order valence-electron chi connectivity index (χ3n) is 6.28. The molecular weight excluding hydrogens is 482 g/mol. The number of nitrogens with two attached hydrogens (primary N) is 1. The number of benzene rings is 1. The van der Waals surface area contributed by atoms with E-state index in [0.29, 0.717) is 49.2 Å². The Labute approximate surface area is 209 Å². The molecule has 5 N–H and O–H groups in total. The van der Waals surface area contributed by atoms with Gasteiger partial charge in [-0.3, -0.25) is 4.79 Å². The average molecular weight is 512 g/mol. The molecule has 11 nitrogen and oxygen atoms in total. The Morgan fingerprint density at radius 1 is 1.06 bits per heavy atom. The average Bonchev–Trinajstić information content (AvgIpc) is 3.36. The van der Waals surface area contributed by atoms with Crippen molar-refractivity contribution >= 4 is 33.3 Å². The van der Waals surface area contributed by atoms with Gasteiger partial charge in [0.15, 0.2) is 0 Å². The first-order valence-corrected chi connectivity index (χ1v) is 13.3. The maximum absolute atomic E-state index is 13.0. The van der Waals surface area contributed by atoms with E-state index < -0.39 is 15.9 Å². The Hall–Kier alpha value is -3.45. The van der Waals surface area contributed by atoms with Crippen molar-refractivity contribution in [3.05, 3.63) is 54.2 Å². The van der Waals surface area contributed by atoms with Crippen LogP contribution in [0.15, 0.2) is 53.6 Å². The fourth-order valence-electron chi connectivity index (χ4n) is 4.41. The molecule has 5 rings (SSSR count). The van der Waals surface area contributed by atoms with Crippen LogP contribution in [0.1, 0.15) is 10.4 Å². The van der Waals surface area contributed by atoms with Gasteiger partial charge in [-0.25, -0.2) is 13.4 Å². The largest absolute Gasteiger partial charge is 0.379 e. The Kier molecular flexibility index (Phi) is 6.92. The number of sulfonamides is 1. The van der Waals surface area contributed by atoms with Gasteiger partial charge in [0.2, 0.25) is 10.0 Å². The minimum absolute atomic E-state index is 0.210. The van der Waals surface area contributed by atoms with E-state index >= 15 is 0 Å². The van der Waals surface area contributed by atoms with E-state index in [1.54, 1.807) is 36.5 Å². The van der Waals surface area contributed by atoms with Crippen molar-refractivity contribution in [2.45, 2.75) is 4.90 Å². The molecule has 0 saturated carbocycles. The van der Waals surface area contributed by atoms with Crippen LogP contribution in [0.25, 0.3) is 11.3 Å². The lowest BCUT2D eigenvalue weighted by molar-refractivity contribution is 0.0730. The summed E-state index contributed by atoms with van der Waals surface area (Å²) < 4.78 is 32.8. The maximum Gasteiger partial charge on any atom is 0.252 e. The van der Waals surface area contributed by atoms with Gasteiger partial charge < -0.3 is 31.0 Å². The number of primary amides is 1. The number of nitrogens with zero attached hydrogens (tertiary/aromatic N) is 3. The molecule has 0 atom stereocenters. The van der Waals surface area contributed by atoms with E-state index in [1.807, 2.05) is 12.1 Å². The van der Waals surface area contributed by atoms with Gasteiger partial charge >= 0.3 is 0 Å². The number of morpholine rings is 1. The molecule has 2 aliphatic heterocycles. The van der Waals surface area contributed by atoms with Crippen LogP contribution in [0.2, 0.25) is 0 Å². The zero-order valence-electron chi connectivity index (χ0n) is 19.7. The monoisotopic (exact) mass is 511 g/mol. The molecule has 0 aliphatic carbocycles. The van der Waals surface area contributed by atoms with Crippen molar-refractivity contribution in [2.75, 3.05) is 62.7 Å². The van der Waals surface area contributed by atoms with Crippen molar-refractivity contribution in [3.8, 4) is 11.3 Å². The number of hydrogen-bond acceptors (Lipinski definition) is 8. The van der Waals surface area contributed by atoms with Crippen LogP contribution in [0, 0.1) is 0 Å². The zero-order chi connectivity index (χ0) is 25.1. The summed E-state index contributed by atoms with van der Waals surface area (Å²) in [5.74, 6) is 0.760. The highest BCUT2D eigenvalue weighted by atomic mass is 32.2. The second kappa shape index (κ2) is 10.3. The van der Waals surface area contributed by atoms with Gasteiger partial charge in [-0.2, -0.15) is 4.31 Å². The molecule has 0 radical (unpaired) electrons. The van der Waals surface area contributed by atoms with Crippen molar-refractivity contribution in [2.24, 2.45) is 5.73 Å². The second-order valence-corrected chi connectivity index (χ2v) is 10.6. The molecule has 0 spiro atoms. The Morgan fingerprint density at radius 3 is 2.58 bits per heavy atom. The quantitative estimate of drug-likeness (QED) is 0.372. The van der Waals surface area contributed by atoms with Gasteiger partial charge in [0.05, 0.1) is 23.7 Å². The number of anilines is 3. The number of pyridine rings is 1. The molecule has 2 saturated heterocycles. The fourth-order valence-corrected chi connectivity index (χ4v) is 5.86. The Bertz CT molecular complexity index is 1350. The van der Waals surface area contributed by atoms with Crippen molar-refractivity contribution in [1.82, 2.24) is 19.6 Å². The van der Waals surface area contributed by atoms with Gasteiger partial charge in [-0.15, -0.1) is 0 Å². The lowest BCUT2D eigenvalue weighted by Crippen LogP contribution is -2.44. The first kappa shape index (κ1) is 24.3. The number of ether oxygens (including phenoxy) is 1. The number of carbonyl (C=O) groups excluding carboxylic acids is 1. The van der Waals surface area contributed by atoms with E-state index in [2.05, 4.69) is 25.5 Å². The Morgan fingerprint density at radius 2 is 1.83 bits per heavy atom. The number of nitrogens with one attached hydrogen (secondary N) is 3. The molecule has 190 valence electrons. The molecule has 0 unspecified atom stereocenters. The number of hydrogen-bond donors (Lipinski definition) is 4. The molecule has 36 heavy (non-hydrogen) atoms. The van der Waals surface area contributed by atoms with E-state index in [0.717, 1.165) is 37.4 Å². The predicted molar refractivity (Wildman–Crippen MR) is 137 cm³/mol. The van der Waals surface area contributed by atoms with Crippen molar-refractivity contribution < 1.29 is 17.9 Å². The van der Waals surface area contributed by atoms with Crippen LogP contribution >= 0.6 is 0 Å². The number of H-pyrrole nitrogens is 1. The molecule has 12 heteroatoms. The van der Waals surface area contributed by atoms with Gasteiger partial charge in [0.1, 0.15) is 11.6 Å². The summed E-state index contributed by atoms with van der Waals surface area (Å²) in [5.41, 5.74) is 8.26. The topological polar surface area (TPSA) is 146 Å². The van der Waals surface area contributed by atoms with E-state index in [1.165, 1.54) is 4.31 Å². The number of aromatic amines is 1. The lowest BCUT2D eigenvalue weighted by Gasteiger charge is -2.28. The summed E-state index contributed by atoms with van der Waals surface area (Å²) in [5, 5.41) is 6.49. The molecule has 2 aliphatic rings. The van der Waals surface area contributed by atoms with Crippen molar-refractivity contribution in [1.29, 1.82) is 0 Å². The minimum Gasteiger partial charge on any atom is -0.379 e. The molecule has 3 aromatic rings. The molecule has 1 aromatic carbocycles. The highest BCUT2D eigenvalue weighted by Crippen LogP contribution is 2.30. The van der Waals surface area contributed by atoms with Crippen LogP contribution < -0.4 is 21.3 Å². The summed E-state index contributed by atoms with van der Waals surface area (Å²) in [6.07, 6.45) is 1.65. The summed E-state index contributed by atoms with van der Waals surface area (Å²) in [6, 6.07) is 12.1. The molecule has 0 bridgehead atoms. The summed E-state index contributed by atoms with van der Waals surface area (Å²) in [4.78, 5) is 22.2. The number of rotatable bonds is 7. The number of piperazine rings is 1. The third kappa shape index (κ3) is 5.07. The van der Waals surface area contributed by atoms with Crippen LogP contribution in [0.3, 0.4) is 0 Å². The van der Waals surface area contributed by atoms with Crippen LogP contribution in [0.5, 0.6) is 0 Å². The molecule has 1 amide bonds. The second-order valence-electron chi connectivity index (χ2n) is 8.65. The zero-order valence-corrected chi connectivity index (χ0v) is 20.6. The highest BCUT2D eigenvalue weighted by Gasteiger charge is 2.26. The maximum atomic E-state index is 13.0. The highest BCUT2D eigenvalue weighted by molar-refractivity contribution is 7.89. The van der Waals surface area contributed by atoms with Crippen LogP contribution in [-0.4, -0.2) is 81.1 Å². The standard InChI is InChI=1S/C24H29N7O4S/c25-23(32)20-16-21(29-24(20)30-8-6-26-7-9-30)17-4-5-27-22(14-17)28-18-2-1-3-19(15-18)36(33,34)31-10-12-35-13-11-31/h1-5,14-16,26,29H,6-13H2,(H2,25,32)(H,27,28). The minimum atomic E-state index is -3.61. The lowest BCUT2D eigenvalue weighted by atomic mass is 10.1. The number of carbonyl (C=O) groups is 1. The molecule has 2 aromatic heterocycles. The van der Waals surface area contributed by atoms with Gasteiger partial charge in [0.25, 0.3) is 5.91 Å². The smallest absolute Gasteiger partial charge is 0.252 e. The first-order chi connectivity index (χ1) is 17.4. The summed E-state index contributed by atoms with van der Waals surface area (Å²) in [6.45, 7) is 4.65. The fraction of sp³-hybridized carbons (Fsp3) is 0.333. The number of aromatic nitrogens is 2.